The highest BCUT2D eigenvalue weighted by molar-refractivity contribution is 5.92. The second-order valence-electron chi connectivity index (χ2n) is 7.82. The number of aromatic amines is 1. The van der Waals surface area contributed by atoms with Crippen LogP contribution in [0.5, 0.6) is 0 Å². The SMILES string of the molecule is CC[C@H](C)c1ccccc1NC(=O)C[NH+]1CCN(c2ccc(C(F)(F)F)c[nH+]2)CC1. The summed E-state index contributed by atoms with van der Waals surface area (Å²) in [5.41, 5.74) is 1.32. The van der Waals surface area contributed by atoms with Crippen molar-refractivity contribution < 1.29 is 27.8 Å². The topological polar surface area (TPSA) is 50.9 Å². The number of benzene rings is 1. The van der Waals surface area contributed by atoms with E-state index in [1.54, 1.807) is 0 Å². The van der Waals surface area contributed by atoms with Crippen LogP contribution in [0.2, 0.25) is 0 Å². The van der Waals surface area contributed by atoms with E-state index in [1.165, 1.54) is 6.07 Å². The highest BCUT2D eigenvalue weighted by Gasteiger charge is 2.33. The first-order valence-electron chi connectivity index (χ1n) is 10.3. The fourth-order valence-corrected chi connectivity index (χ4v) is 3.71. The van der Waals surface area contributed by atoms with Gasteiger partial charge in [-0.25, -0.2) is 4.98 Å². The summed E-state index contributed by atoms with van der Waals surface area (Å²) in [5, 5.41) is 3.05. The first-order valence-corrected chi connectivity index (χ1v) is 10.3. The molecule has 3 rings (SSSR count). The van der Waals surface area contributed by atoms with Gasteiger partial charge in [0.15, 0.2) is 6.54 Å². The molecule has 3 N–H and O–H groups in total. The van der Waals surface area contributed by atoms with Crippen molar-refractivity contribution in [3.8, 4) is 0 Å². The Labute approximate surface area is 174 Å². The molecule has 0 aliphatic carbocycles. The largest absolute Gasteiger partial charge is 0.419 e. The Hall–Kier alpha value is -2.61. The van der Waals surface area contributed by atoms with E-state index >= 15 is 0 Å². The van der Waals surface area contributed by atoms with Crippen molar-refractivity contribution in [2.24, 2.45) is 0 Å². The number of amides is 1. The summed E-state index contributed by atoms with van der Waals surface area (Å²) in [4.78, 5) is 18.5. The number of nitrogens with one attached hydrogen (secondary N) is 3. The maximum absolute atomic E-state index is 12.7. The molecule has 5 nitrogen and oxygen atoms in total. The second-order valence-corrected chi connectivity index (χ2v) is 7.82. The first-order chi connectivity index (χ1) is 14.3. The summed E-state index contributed by atoms with van der Waals surface area (Å²) in [6, 6.07) is 10.5. The van der Waals surface area contributed by atoms with Gasteiger partial charge in [0.05, 0.1) is 5.56 Å². The molecule has 30 heavy (non-hydrogen) atoms. The Bertz CT molecular complexity index is 846. The van der Waals surface area contributed by atoms with Crippen LogP contribution in [0.4, 0.5) is 24.7 Å². The summed E-state index contributed by atoms with van der Waals surface area (Å²) in [7, 11) is 0. The molecule has 1 aliphatic rings. The fourth-order valence-electron chi connectivity index (χ4n) is 3.71. The Morgan fingerprint density at radius 1 is 1.20 bits per heavy atom. The third-order valence-electron chi connectivity index (χ3n) is 5.72. The number of nitrogens with zero attached hydrogens (tertiary/aromatic N) is 1. The molecule has 2 aromatic rings. The van der Waals surface area contributed by atoms with E-state index in [0.717, 1.165) is 47.9 Å². The van der Waals surface area contributed by atoms with Gasteiger partial charge in [-0.05, 0) is 30.0 Å². The van der Waals surface area contributed by atoms with Gasteiger partial charge in [0.2, 0.25) is 0 Å². The predicted molar refractivity (Wildman–Crippen MR) is 110 cm³/mol. The number of rotatable bonds is 6. The third-order valence-corrected chi connectivity index (χ3v) is 5.72. The molecule has 1 amide bonds. The minimum Gasteiger partial charge on any atom is -0.321 e. The number of carbonyl (C=O) groups excluding carboxylic acids is 1. The van der Waals surface area contributed by atoms with Crippen LogP contribution in [-0.4, -0.2) is 38.6 Å². The van der Waals surface area contributed by atoms with E-state index in [2.05, 4.69) is 30.2 Å². The molecule has 1 atom stereocenters. The Kier molecular flexibility index (Phi) is 6.97. The number of hydrogen-bond acceptors (Lipinski definition) is 2. The standard InChI is InChI=1S/C22H27F3N4O/c1-3-16(2)18-6-4-5-7-19(18)27-21(30)15-28-10-12-29(13-11-28)20-9-8-17(14-26-20)22(23,24)25/h4-9,14,16H,3,10-13,15H2,1-2H3,(H,27,30)/p+2/t16-/m0/s1. The van der Waals surface area contributed by atoms with Gasteiger partial charge in [0, 0.05) is 11.8 Å². The third kappa shape index (κ3) is 5.50. The second kappa shape index (κ2) is 9.47. The number of carbonyl (C=O) groups is 1. The number of pyridine rings is 1. The molecule has 1 aliphatic heterocycles. The average Bonchev–Trinajstić information content (AvgIpc) is 2.73. The quantitative estimate of drug-likeness (QED) is 0.751. The van der Waals surface area contributed by atoms with Crippen molar-refractivity contribution in [3.63, 3.8) is 0 Å². The number of anilines is 2. The monoisotopic (exact) mass is 422 g/mol. The maximum Gasteiger partial charge on any atom is 0.419 e. The van der Waals surface area contributed by atoms with E-state index in [0.29, 0.717) is 31.4 Å². The number of piperazine rings is 1. The highest BCUT2D eigenvalue weighted by Crippen LogP contribution is 2.28. The van der Waals surface area contributed by atoms with Crippen LogP contribution < -0.4 is 20.1 Å². The molecule has 162 valence electrons. The lowest BCUT2D eigenvalue weighted by Gasteiger charge is -2.28. The number of hydrogen-bond donors (Lipinski definition) is 2. The van der Waals surface area contributed by atoms with Crippen LogP contribution in [0, 0.1) is 0 Å². The Morgan fingerprint density at radius 2 is 1.90 bits per heavy atom. The van der Waals surface area contributed by atoms with Gasteiger partial charge >= 0.3 is 6.18 Å². The molecule has 1 fully saturated rings. The predicted octanol–water partition coefficient (Wildman–Crippen LogP) is 2.38. The van der Waals surface area contributed by atoms with Crippen molar-refractivity contribution in [2.45, 2.75) is 32.4 Å². The van der Waals surface area contributed by atoms with Crippen molar-refractivity contribution in [2.75, 3.05) is 42.9 Å². The smallest absolute Gasteiger partial charge is 0.321 e. The van der Waals surface area contributed by atoms with Gasteiger partial charge in [-0.3, -0.25) is 9.69 Å². The van der Waals surface area contributed by atoms with Crippen LogP contribution >= 0.6 is 0 Å². The lowest BCUT2D eigenvalue weighted by Crippen LogP contribution is -3.15. The molecule has 0 unspecified atom stereocenters. The molecular weight excluding hydrogens is 393 g/mol. The summed E-state index contributed by atoms with van der Waals surface area (Å²) in [5.74, 6) is 1.02. The van der Waals surface area contributed by atoms with Crippen LogP contribution in [0.3, 0.4) is 0 Å². The number of H-pyrrole nitrogens is 1. The number of halogens is 3. The van der Waals surface area contributed by atoms with Crippen LogP contribution in [0.25, 0.3) is 0 Å². The summed E-state index contributed by atoms with van der Waals surface area (Å²) < 4.78 is 38.1. The molecule has 1 saturated heterocycles. The summed E-state index contributed by atoms with van der Waals surface area (Å²) >= 11 is 0. The van der Waals surface area contributed by atoms with Gasteiger partial charge < -0.3 is 10.2 Å². The Balaban J connectivity index is 1.52. The zero-order valence-electron chi connectivity index (χ0n) is 17.4. The lowest BCUT2D eigenvalue weighted by molar-refractivity contribution is -0.892. The van der Waals surface area contributed by atoms with Crippen molar-refractivity contribution >= 4 is 17.4 Å². The van der Waals surface area contributed by atoms with Gasteiger partial charge in [-0.1, -0.05) is 32.0 Å². The Morgan fingerprint density at radius 3 is 2.50 bits per heavy atom. The van der Waals surface area contributed by atoms with E-state index in [-0.39, 0.29) is 5.91 Å². The van der Waals surface area contributed by atoms with Crippen molar-refractivity contribution in [3.05, 3.63) is 53.7 Å². The van der Waals surface area contributed by atoms with E-state index in [9.17, 15) is 18.0 Å². The molecule has 2 heterocycles. The van der Waals surface area contributed by atoms with Gasteiger partial charge in [-0.15, -0.1) is 0 Å². The van der Waals surface area contributed by atoms with Crippen molar-refractivity contribution in [1.82, 2.24) is 0 Å². The van der Waals surface area contributed by atoms with Crippen LogP contribution in [0.1, 0.15) is 37.3 Å². The first kappa shape index (κ1) is 22.1. The molecule has 0 bridgehead atoms. The molecule has 0 radical (unpaired) electrons. The normalized spacial score (nSPS) is 16.4. The van der Waals surface area contributed by atoms with E-state index in [1.807, 2.05) is 23.1 Å². The summed E-state index contributed by atoms with van der Waals surface area (Å²) in [6.45, 7) is 7.49. The fraction of sp³-hybridized carbons (Fsp3) is 0.455. The molecule has 0 spiro atoms. The minimum absolute atomic E-state index is 0.0182. The molecule has 1 aromatic carbocycles. The molecule has 0 saturated carbocycles. The van der Waals surface area contributed by atoms with Gasteiger partial charge in [0.1, 0.15) is 32.4 Å². The maximum atomic E-state index is 12.7. The van der Waals surface area contributed by atoms with E-state index in [4.69, 9.17) is 0 Å². The van der Waals surface area contributed by atoms with Crippen LogP contribution in [0.15, 0.2) is 42.6 Å². The lowest BCUT2D eigenvalue weighted by atomic mass is 9.97. The molecule has 8 heteroatoms. The van der Waals surface area contributed by atoms with Crippen LogP contribution in [-0.2, 0) is 11.0 Å². The zero-order chi connectivity index (χ0) is 21.7. The molecular formula is C22H29F3N4O+2. The van der Waals surface area contributed by atoms with Gasteiger partial charge in [-0.2, -0.15) is 13.2 Å². The number of aromatic nitrogens is 1. The van der Waals surface area contributed by atoms with Gasteiger partial charge in [0.25, 0.3) is 11.7 Å². The zero-order valence-corrected chi connectivity index (χ0v) is 17.4. The average molecular weight is 422 g/mol. The highest BCUT2D eigenvalue weighted by atomic mass is 19.4. The summed E-state index contributed by atoms with van der Waals surface area (Å²) in [6.07, 6.45) is -2.35. The van der Waals surface area contributed by atoms with E-state index < -0.39 is 11.7 Å². The number of quaternary nitrogens is 1. The number of alkyl halides is 3. The van der Waals surface area contributed by atoms with Crippen molar-refractivity contribution in [1.29, 1.82) is 0 Å². The molecule has 1 aromatic heterocycles. The number of para-hydroxylation sites is 1. The minimum atomic E-state index is -4.35.